The van der Waals surface area contributed by atoms with Gasteiger partial charge in [0.2, 0.25) is 0 Å². The van der Waals surface area contributed by atoms with E-state index in [-0.39, 0.29) is 150 Å². The molecule has 0 spiro atoms. The summed E-state index contributed by atoms with van der Waals surface area (Å²) in [5.74, 6) is 1.30. The summed E-state index contributed by atoms with van der Waals surface area (Å²) in [5, 5.41) is 40.6. The third kappa shape index (κ3) is 19.7. The number of pyridine rings is 4. The summed E-state index contributed by atoms with van der Waals surface area (Å²) in [7, 11) is 0. The highest BCUT2D eigenvalue weighted by Gasteiger charge is 2.30. The lowest BCUT2D eigenvalue weighted by atomic mass is 9.79. The van der Waals surface area contributed by atoms with Crippen molar-refractivity contribution in [2.75, 3.05) is 79.3 Å². The number of rotatable bonds is 28. The molecule has 8 bridgehead atoms. The second-order valence-corrected chi connectivity index (χ2v) is 29.6. The number of hydrogen-bond donors (Lipinski definition) is 4. The summed E-state index contributed by atoms with van der Waals surface area (Å²) in [5.41, 5.74) is 8.08. The second kappa shape index (κ2) is 32.9. The summed E-state index contributed by atoms with van der Waals surface area (Å²) in [6.45, 7) is 29.3. The molecule has 536 valence electrons. The molecule has 0 radical (unpaired) electrons. The van der Waals surface area contributed by atoms with Crippen molar-refractivity contribution < 1.29 is 58.3 Å². The van der Waals surface area contributed by atoms with Crippen molar-refractivity contribution in [3.8, 4) is 46.0 Å². The van der Waals surface area contributed by atoms with Gasteiger partial charge in [0, 0.05) is 76.6 Å². The Kier molecular flexibility index (Phi) is 24.7. The van der Waals surface area contributed by atoms with E-state index in [0.717, 1.165) is 66.8 Å². The summed E-state index contributed by atoms with van der Waals surface area (Å²) in [6.07, 6.45) is 7.86. The minimum Gasteiger partial charge on any atom is -0.503 e. The van der Waals surface area contributed by atoms with Gasteiger partial charge in [0.05, 0.1) is 52.9 Å². The number of hydrogen-bond acceptors (Lipinski definition) is 16. The van der Waals surface area contributed by atoms with Gasteiger partial charge in [-0.05, 0) is 137 Å². The molecule has 1 aliphatic rings. The molecule has 100 heavy (non-hydrogen) atoms. The van der Waals surface area contributed by atoms with Crippen molar-refractivity contribution in [3.63, 3.8) is 0 Å². The molecule has 0 amide bonds. The predicted molar refractivity (Wildman–Crippen MR) is 387 cm³/mol. The van der Waals surface area contributed by atoms with Gasteiger partial charge in [-0.1, -0.05) is 132 Å². The van der Waals surface area contributed by atoms with Crippen LogP contribution in [0.4, 0.5) is 0 Å². The largest absolute Gasteiger partial charge is 0.503 e. The molecular weight excluding hydrogens is 1270 g/mol. The summed E-state index contributed by atoms with van der Waals surface area (Å²) >= 11 is 0. The maximum absolute atomic E-state index is 12.8. The van der Waals surface area contributed by atoms with Crippen LogP contribution in [0.1, 0.15) is 150 Å². The van der Waals surface area contributed by atoms with Gasteiger partial charge in [-0.3, -0.25) is 19.2 Å². The molecule has 0 fully saturated rings. The molecule has 0 aliphatic heterocycles. The predicted octanol–water partition coefficient (Wildman–Crippen LogP) is 11.4. The Morgan fingerprint density at radius 3 is 0.640 bits per heavy atom. The van der Waals surface area contributed by atoms with Gasteiger partial charge in [0.25, 0.3) is 22.2 Å². The van der Waals surface area contributed by atoms with Crippen LogP contribution >= 0.6 is 0 Å². The third-order valence-corrected chi connectivity index (χ3v) is 17.8. The number of ether oxygens (including phenoxy) is 8. The summed E-state index contributed by atoms with van der Waals surface area (Å²) in [6, 6.07) is 29.8. The lowest BCUT2D eigenvalue weighted by Gasteiger charge is -2.29. The van der Waals surface area contributed by atoms with Gasteiger partial charge in [-0.2, -0.15) is 0 Å². The number of aromatic nitrogens is 4. The van der Waals surface area contributed by atoms with Gasteiger partial charge in [-0.25, -0.2) is 0 Å². The van der Waals surface area contributed by atoms with Crippen LogP contribution in [-0.4, -0.2) is 118 Å². The van der Waals surface area contributed by atoms with Gasteiger partial charge in [0.1, 0.15) is 49.4 Å². The fourth-order valence-electron chi connectivity index (χ4n) is 12.0. The first-order chi connectivity index (χ1) is 47.4. The zero-order chi connectivity index (χ0) is 72.1. The van der Waals surface area contributed by atoms with E-state index < -0.39 is 22.2 Å². The molecule has 1 aliphatic carbocycles. The normalized spacial score (nSPS) is 12.8. The van der Waals surface area contributed by atoms with Crippen molar-refractivity contribution in [3.05, 3.63) is 230 Å². The van der Waals surface area contributed by atoms with Crippen LogP contribution in [0.15, 0.2) is 141 Å². The molecular formula is C80H100N4O16. The van der Waals surface area contributed by atoms with Gasteiger partial charge < -0.3 is 76.6 Å². The van der Waals surface area contributed by atoms with Crippen LogP contribution in [0.5, 0.6) is 46.0 Å². The Hall–Kier alpha value is -9.08. The van der Waals surface area contributed by atoms with E-state index in [0.29, 0.717) is 48.7 Å². The molecule has 4 aromatic heterocycles. The van der Waals surface area contributed by atoms with Crippen LogP contribution in [0.2, 0.25) is 0 Å². The van der Waals surface area contributed by atoms with Gasteiger partial charge in [-0.15, -0.1) is 0 Å². The smallest absolute Gasteiger partial charge is 0.292 e. The number of nitrogens with zero attached hydrogens (tertiary/aromatic N) is 4. The van der Waals surface area contributed by atoms with E-state index >= 15 is 0 Å². The van der Waals surface area contributed by atoms with Crippen LogP contribution in [0.3, 0.4) is 0 Å². The molecule has 20 heteroatoms. The third-order valence-electron chi connectivity index (χ3n) is 17.8. The lowest BCUT2D eigenvalue weighted by molar-refractivity contribution is 0.0924. The lowest BCUT2D eigenvalue weighted by Crippen LogP contribution is -2.22. The first kappa shape index (κ1) is 75.1. The van der Waals surface area contributed by atoms with Crippen molar-refractivity contribution in [2.45, 2.75) is 157 Å². The quantitative estimate of drug-likeness (QED) is 0.0333. The maximum Gasteiger partial charge on any atom is 0.292 e. The molecule has 4 aromatic carbocycles. The van der Waals surface area contributed by atoms with Crippen molar-refractivity contribution >= 4 is 0 Å². The molecule has 4 N–H and O–H groups in total. The van der Waals surface area contributed by atoms with E-state index in [1.165, 1.54) is 42.5 Å². The van der Waals surface area contributed by atoms with Crippen molar-refractivity contribution in [1.29, 1.82) is 0 Å². The molecule has 0 saturated carbocycles. The van der Waals surface area contributed by atoms with Crippen LogP contribution in [-0.2, 0) is 92.5 Å². The number of fused-ring (bicyclic) bond motifs is 8. The Balaban J connectivity index is 1.21. The first-order valence-corrected chi connectivity index (χ1v) is 34.5. The number of benzene rings is 4. The van der Waals surface area contributed by atoms with Crippen molar-refractivity contribution in [1.82, 2.24) is 18.3 Å². The minimum absolute atomic E-state index is 0.144. The summed E-state index contributed by atoms with van der Waals surface area (Å²) in [4.78, 5) is 51.0. The average molecular weight is 1370 g/mol. The first-order valence-electron chi connectivity index (χ1n) is 34.5. The van der Waals surface area contributed by atoms with Crippen LogP contribution < -0.4 is 41.2 Å². The standard InChI is InChI=1S/C80H100N4O16/c1-77(2,3)61-45-53-41-55-47-62(78(4,5)6)49-57(70(55)98-38-34-94-30-26-82-22-14-18-66(86)74(82)90)43-59-51-64(80(10,11)12)52-60(72(59)100-40-36-96-32-28-84-24-16-20-68(88)76(84)92)44-58-50-63(79(7,8)9)48-56(71(58)99-39-35-95-31-27-83-23-15-19-67(87)75(83)91)42-54(46-61)69(53)97-37-33-93-29-25-81-21-13-17-65(85)73(81)89/h13-24,45-52,85-88H,25-44H2,1-12H3. The highest BCUT2D eigenvalue weighted by Crippen LogP contribution is 2.45. The molecule has 0 saturated heterocycles. The zero-order valence-electron chi connectivity index (χ0n) is 60.2. The SMILES string of the molecule is CC(C)(C)c1cc2c(OCCOCCn3cccc(O)c3=O)c(c1)Cc1cc(C(C)(C)C)cc(c1OCCOCCn1cccc(O)c1=O)Cc1cc(C(C)(C)C)cc(c1OCCOCCn1cccc(O)c1=O)Cc1cc(C(C)(C)C)cc(c1OCCOCCn1cccc(O)c1=O)C2. The maximum atomic E-state index is 12.8. The minimum atomic E-state index is -0.505. The van der Waals surface area contributed by atoms with E-state index in [9.17, 15) is 39.6 Å². The topological polar surface area (TPSA) is 243 Å². The van der Waals surface area contributed by atoms with E-state index in [1.807, 2.05) is 0 Å². The Bertz CT molecular complexity index is 3730. The monoisotopic (exact) mass is 1370 g/mol. The second-order valence-electron chi connectivity index (χ2n) is 29.6. The average Bonchev–Trinajstić information content (AvgIpc) is 0.762. The molecule has 9 rings (SSSR count). The zero-order valence-corrected chi connectivity index (χ0v) is 60.2. The Labute approximate surface area is 585 Å². The fourth-order valence-corrected chi connectivity index (χ4v) is 12.0. The van der Waals surface area contributed by atoms with Crippen molar-refractivity contribution in [2.24, 2.45) is 0 Å². The summed E-state index contributed by atoms with van der Waals surface area (Å²) < 4.78 is 59.0. The van der Waals surface area contributed by atoms with E-state index in [4.69, 9.17) is 37.9 Å². The highest BCUT2D eigenvalue weighted by molar-refractivity contribution is 5.60. The van der Waals surface area contributed by atoms with Gasteiger partial charge in [0.15, 0.2) is 23.0 Å². The molecule has 8 aromatic rings. The van der Waals surface area contributed by atoms with E-state index in [1.54, 1.807) is 49.1 Å². The fraction of sp³-hybridized carbons (Fsp3) is 0.450. The highest BCUT2D eigenvalue weighted by atomic mass is 16.5. The molecule has 4 heterocycles. The molecule has 0 atom stereocenters. The Morgan fingerprint density at radius 2 is 0.470 bits per heavy atom. The van der Waals surface area contributed by atoms with Gasteiger partial charge >= 0.3 is 0 Å². The molecule has 20 nitrogen and oxygen atoms in total. The van der Waals surface area contributed by atoms with Crippen LogP contribution in [0, 0.1) is 0 Å². The number of aromatic hydroxyl groups is 4. The Morgan fingerprint density at radius 1 is 0.290 bits per heavy atom. The van der Waals surface area contributed by atoms with E-state index in [2.05, 4.69) is 132 Å². The molecule has 0 unspecified atom stereocenters. The van der Waals surface area contributed by atoms with Crippen LogP contribution in [0.25, 0.3) is 0 Å².